The monoisotopic (exact) mass is 437 g/mol. The first-order valence-corrected chi connectivity index (χ1v) is 10.7. The van der Waals surface area contributed by atoms with Crippen LogP contribution in [-0.2, 0) is 12.8 Å². The Labute approximate surface area is 186 Å². The molecule has 7 heteroatoms. The largest absolute Gasteiger partial charge is 0.507 e. The minimum atomic E-state index is -0.489. The summed E-state index contributed by atoms with van der Waals surface area (Å²) in [6.07, 6.45) is 5.58. The summed E-state index contributed by atoms with van der Waals surface area (Å²) < 4.78 is 12.4. The average molecular weight is 437 g/mol. The molecule has 2 aliphatic heterocycles. The molecule has 0 unspecified atom stereocenters. The zero-order valence-electron chi connectivity index (χ0n) is 18.7. The van der Waals surface area contributed by atoms with E-state index in [1.165, 1.54) is 24.3 Å². The van der Waals surface area contributed by atoms with Crippen LogP contribution in [0.5, 0.6) is 17.2 Å². The lowest BCUT2D eigenvalue weighted by atomic mass is 9.84. The van der Waals surface area contributed by atoms with E-state index in [-0.39, 0.29) is 22.6 Å². The Kier molecular flexibility index (Phi) is 5.23. The van der Waals surface area contributed by atoms with Crippen molar-refractivity contribution >= 4 is 17.5 Å². The first-order chi connectivity index (χ1) is 15.0. The summed E-state index contributed by atoms with van der Waals surface area (Å²) in [4.78, 5) is 23.8. The number of phenols is 1. The van der Waals surface area contributed by atoms with E-state index in [2.05, 4.69) is 0 Å². The fourth-order valence-corrected chi connectivity index (χ4v) is 4.23. The fourth-order valence-electron chi connectivity index (χ4n) is 4.23. The third-order valence-electron chi connectivity index (χ3n) is 6.04. The van der Waals surface area contributed by atoms with Crippen molar-refractivity contribution in [3.63, 3.8) is 0 Å². The lowest BCUT2D eigenvalue weighted by Crippen LogP contribution is -2.37. The minimum absolute atomic E-state index is 0.0570. The summed E-state index contributed by atoms with van der Waals surface area (Å²) in [6.45, 7) is 7.91. The van der Waals surface area contributed by atoms with E-state index >= 15 is 0 Å². The van der Waals surface area contributed by atoms with Crippen molar-refractivity contribution in [2.75, 3.05) is 0 Å². The first-order valence-electron chi connectivity index (χ1n) is 10.7. The number of nitro groups is 1. The van der Waals surface area contributed by atoms with Crippen LogP contribution in [0.1, 0.15) is 67.6 Å². The molecule has 0 amide bonds. The van der Waals surface area contributed by atoms with E-state index in [1.54, 1.807) is 12.1 Å². The van der Waals surface area contributed by atoms with E-state index in [1.807, 2.05) is 27.7 Å². The SMILES string of the molecule is CC1(C)CCc2c(O)c(C(=O)/C=C/c3cccc([N+](=O)[O-])c3)c3c(c2O1)CCC(C)(C)O3. The zero-order chi connectivity index (χ0) is 23.3. The van der Waals surface area contributed by atoms with Crippen LogP contribution in [0, 0.1) is 10.1 Å². The third-order valence-corrected chi connectivity index (χ3v) is 6.04. The molecule has 2 heterocycles. The van der Waals surface area contributed by atoms with Gasteiger partial charge in [-0.1, -0.05) is 18.2 Å². The van der Waals surface area contributed by atoms with Crippen LogP contribution in [0.3, 0.4) is 0 Å². The molecule has 0 saturated carbocycles. The van der Waals surface area contributed by atoms with Crippen molar-refractivity contribution in [2.24, 2.45) is 0 Å². The third kappa shape index (κ3) is 4.07. The van der Waals surface area contributed by atoms with E-state index in [9.17, 15) is 20.0 Å². The molecule has 1 N–H and O–H groups in total. The van der Waals surface area contributed by atoms with Gasteiger partial charge in [0.15, 0.2) is 5.78 Å². The molecule has 0 aliphatic carbocycles. The maximum Gasteiger partial charge on any atom is 0.270 e. The maximum absolute atomic E-state index is 13.3. The Morgan fingerprint density at radius 1 is 1.06 bits per heavy atom. The average Bonchev–Trinajstić information content (AvgIpc) is 2.71. The van der Waals surface area contributed by atoms with Gasteiger partial charge < -0.3 is 14.6 Å². The number of nitro benzene ring substituents is 1. The molecule has 2 aromatic carbocycles. The lowest BCUT2D eigenvalue weighted by molar-refractivity contribution is -0.384. The number of aromatic hydroxyl groups is 1. The van der Waals surface area contributed by atoms with Gasteiger partial charge in [0.25, 0.3) is 5.69 Å². The van der Waals surface area contributed by atoms with Crippen LogP contribution < -0.4 is 9.47 Å². The van der Waals surface area contributed by atoms with Gasteiger partial charge in [-0.2, -0.15) is 0 Å². The second-order valence-electron chi connectivity index (χ2n) is 9.61. The summed E-state index contributed by atoms with van der Waals surface area (Å²) in [6, 6.07) is 6.02. The molecular weight excluding hydrogens is 410 g/mol. The highest BCUT2D eigenvalue weighted by Gasteiger charge is 2.39. The van der Waals surface area contributed by atoms with E-state index < -0.39 is 16.3 Å². The number of nitrogens with zero attached hydrogens (tertiary/aromatic N) is 1. The summed E-state index contributed by atoms with van der Waals surface area (Å²) in [7, 11) is 0. The van der Waals surface area contributed by atoms with Gasteiger partial charge in [0.1, 0.15) is 34.0 Å². The summed E-state index contributed by atoms with van der Waals surface area (Å²) >= 11 is 0. The van der Waals surface area contributed by atoms with Crippen molar-refractivity contribution in [2.45, 2.75) is 64.6 Å². The molecule has 0 atom stereocenters. The van der Waals surface area contributed by atoms with Gasteiger partial charge in [0.2, 0.25) is 0 Å². The van der Waals surface area contributed by atoms with Crippen LogP contribution in [0.15, 0.2) is 30.3 Å². The molecular formula is C25H27NO6. The second-order valence-corrected chi connectivity index (χ2v) is 9.61. The molecule has 168 valence electrons. The number of phenolic OH excluding ortho intramolecular Hbond substituents is 1. The molecule has 0 spiro atoms. The highest BCUT2D eigenvalue weighted by Crippen LogP contribution is 2.51. The van der Waals surface area contributed by atoms with Crippen LogP contribution in [0.4, 0.5) is 5.69 Å². The quantitative estimate of drug-likeness (QED) is 0.297. The van der Waals surface area contributed by atoms with Crippen molar-refractivity contribution in [1.29, 1.82) is 0 Å². The van der Waals surface area contributed by atoms with Gasteiger partial charge >= 0.3 is 0 Å². The molecule has 0 fully saturated rings. The molecule has 2 aliphatic rings. The van der Waals surface area contributed by atoms with Crippen molar-refractivity contribution in [1.82, 2.24) is 0 Å². The Morgan fingerprint density at radius 3 is 2.34 bits per heavy atom. The zero-order valence-corrected chi connectivity index (χ0v) is 18.7. The number of hydrogen-bond donors (Lipinski definition) is 1. The number of allylic oxidation sites excluding steroid dienone is 1. The molecule has 0 aromatic heterocycles. The topological polar surface area (TPSA) is 98.9 Å². The van der Waals surface area contributed by atoms with E-state index in [4.69, 9.17) is 9.47 Å². The number of hydrogen-bond acceptors (Lipinski definition) is 6. The van der Waals surface area contributed by atoms with Crippen molar-refractivity contribution in [3.05, 3.63) is 62.7 Å². The summed E-state index contributed by atoms with van der Waals surface area (Å²) in [5.41, 5.74) is 1.18. The molecule has 0 bridgehead atoms. The Bertz CT molecular complexity index is 1150. The van der Waals surface area contributed by atoms with Crippen LogP contribution in [0.25, 0.3) is 6.08 Å². The van der Waals surface area contributed by atoms with Gasteiger partial charge in [0, 0.05) is 23.3 Å². The van der Waals surface area contributed by atoms with E-state index in [0.29, 0.717) is 35.5 Å². The Hall–Kier alpha value is -3.35. The fraction of sp³-hybridized carbons (Fsp3) is 0.400. The van der Waals surface area contributed by atoms with Crippen LogP contribution >= 0.6 is 0 Å². The van der Waals surface area contributed by atoms with Crippen LogP contribution in [-0.4, -0.2) is 27.0 Å². The number of non-ortho nitro benzene ring substituents is 1. The lowest BCUT2D eigenvalue weighted by Gasteiger charge is -2.39. The maximum atomic E-state index is 13.3. The minimum Gasteiger partial charge on any atom is -0.507 e. The summed E-state index contributed by atoms with van der Waals surface area (Å²) in [5.74, 6) is 0.462. The smallest absolute Gasteiger partial charge is 0.270 e. The van der Waals surface area contributed by atoms with Crippen molar-refractivity contribution in [3.8, 4) is 17.2 Å². The number of fused-ring (bicyclic) bond motifs is 3. The number of benzene rings is 2. The predicted molar refractivity (Wildman–Crippen MR) is 121 cm³/mol. The Balaban J connectivity index is 1.79. The Morgan fingerprint density at radius 2 is 1.69 bits per heavy atom. The molecule has 4 rings (SSSR count). The standard InChI is InChI=1S/C25H27NO6/c1-24(2)12-10-17-21(28)20(23-18(22(17)31-24)11-13-25(3,4)32-23)19(27)9-8-15-6-5-7-16(14-15)26(29)30/h5-9,14,28H,10-13H2,1-4H3/b9-8+. The van der Waals surface area contributed by atoms with Crippen LogP contribution in [0.2, 0.25) is 0 Å². The van der Waals surface area contributed by atoms with Gasteiger partial charge in [-0.05, 0) is 65.0 Å². The highest BCUT2D eigenvalue weighted by molar-refractivity contribution is 6.11. The number of carbonyl (C=O) groups is 1. The number of ether oxygens (including phenoxy) is 2. The number of ketones is 1. The highest BCUT2D eigenvalue weighted by atomic mass is 16.6. The normalized spacial score (nSPS) is 18.2. The molecule has 0 radical (unpaired) electrons. The first kappa shape index (κ1) is 21.9. The van der Waals surface area contributed by atoms with E-state index in [0.717, 1.165) is 18.4 Å². The van der Waals surface area contributed by atoms with Gasteiger partial charge in [-0.15, -0.1) is 0 Å². The molecule has 7 nitrogen and oxygen atoms in total. The van der Waals surface area contributed by atoms with Gasteiger partial charge in [-0.25, -0.2) is 0 Å². The molecule has 0 saturated heterocycles. The number of carbonyl (C=O) groups excluding carboxylic acids is 1. The number of rotatable bonds is 4. The predicted octanol–water partition coefficient (Wildman–Crippen LogP) is 5.40. The van der Waals surface area contributed by atoms with Gasteiger partial charge in [-0.3, -0.25) is 14.9 Å². The summed E-state index contributed by atoms with van der Waals surface area (Å²) in [5, 5.41) is 22.1. The van der Waals surface area contributed by atoms with Crippen molar-refractivity contribution < 1.29 is 24.3 Å². The second kappa shape index (κ2) is 7.65. The van der Waals surface area contributed by atoms with Gasteiger partial charge in [0.05, 0.1) is 4.92 Å². The molecule has 32 heavy (non-hydrogen) atoms. The molecule has 2 aromatic rings.